The van der Waals surface area contributed by atoms with Crippen LogP contribution in [0.4, 0.5) is 23.4 Å². The van der Waals surface area contributed by atoms with Gasteiger partial charge in [0.15, 0.2) is 17.5 Å². The SMILES string of the molecule is Cc1nc2c(C(N)=NC=N)cc(-c3c(F)cnc(N)c3F)cc2n1-c1ccnc2c(F)ccc(F)c12. The summed E-state index contributed by atoms with van der Waals surface area (Å²) in [5.74, 6) is -3.87. The molecular formula is C24H16F4N8. The Morgan fingerprint density at radius 2 is 1.78 bits per heavy atom. The standard InChI is InChI=1S/C24H16F4N8/c1-10-35-21-12(23(30)34-9-29)6-11(18-15(27)8-33-24(31)20(18)28)7-17(21)36(10)16-4-5-32-22-14(26)3-2-13(25)19(16)22/h2-9H,1H3,(H2,31,33)(H3,29,30,34). The van der Waals surface area contributed by atoms with E-state index >= 15 is 0 Å². The van der Waals surface area contributed by atoms with Gasteiger partial charge in [-0.05, 0) is 42.8 Å². The number of benzene rings is 2. The number of aromatic nitrogens is 4. The molecule has 12 heteroatoms. The number of anilines is 1. The lowest BCUT2D eigenvalue weighted by Crippen LogP contribution is -2.14. The van der Waals surface area contributed by atoms with Gasteiger partial charge in [0.05, 0.1) is 28.4 Å². The van der Waals surface area contributed by atoms with Crippen molar-refractivity contribution in [3.63, 3.8) is 0 Å². The van der Waals surface area contributed by atoms with Crippen molar-refractivity contribution in [2.24, 2.45) is 10.7 Å². The highest BCUT2D eigenvalue weighted by molar-refractivity contribution is 6.11. The molecule has 36 heavy (non-hydrogen) atoms. The molecule has 0 bridgehead atoms. The monoisotopic (exact) mass is 492 g/mol. The third-order valence-corrected chi connectivity index (χ3v) is 5.71. The minimum atomic E-state index is -1.09. The summed E-state index contributed by atoms with van der Waals surface area (Å²) in [6.45, 7) is 1.61. The van der Waals surface area contributed by atoms with E-state index in [2.05, 4.69) is 19.9 Å². The van der Waals surface area contributed by atoms with Crippen LogP contribution in [-0.2, 0) is 0 Å². The molecule has 0 radical (unpaired) electrons. The fourth-order valence-corrected chi connectivity index (χ4v) is 4.18. The third-order valence-electron chi connectivity index (χ3n) is 5.71. The molecule has 0 aliphatic rings. The third kappa shape index (κ3) is 3.42. The van der Waals surface area contributed by atoms with Crippen LogP contribution < -0.4 is 11.5 Å². The molecule has 5 N–H and O–H groups in total. The van der Waals surface area contributed by atoms with Gasteiger partial charge < -0.3 is 11.5 Å². The molecule has 0 saturated heterocycles. The number of nitrogens with one attached hydrogen (secondary N) is 1. The minimum absolute atomic E-state index is 0.0101. The zero-order chi connectivity index (χ0) is 25.7. The molecule has 8 nitrogen and oxygen atoms in total. The number of nitrogen functional groups attached to an aromatic ring is 1. The van der Waals surface area contributed by atoms with Crippen LogP contribution >= 0.6 is 0 Å². The van der Waals surface area contributed by atoms with Gasteiger partial charge in [0.25, 0.3) is 0 Å². The highest BCUT2D eigenvalue weighted by Gasteiger charge is 2.23. The lowest BCUT2D eigenvalue weighted by molar-refractivity contribution is 0.583. The maximum absolute atomic E-state index is 14.9. The predicted molar refractivity (Wildman–Crippen MR) is 128 cm³/mol. The van der Waals surface area contributed by atoms with Crippen molar-refractivity contribution in [2.75, 3.05) is 5.73 Å². The molecule has 0 spiro atoms. The average Bonchev–Trinajstić information content (AvgIpc) is 3.19. The largest absolute Gasteiger partial charge is 0.383 e. The van der Waals surface area contributed by atoms with Crippen molar-refractivity contribution in [1.29, 1.82) is 5.41 Å². The summed E-state index contributed by atoms with van der Waals surface area (Å²) in [7, 11) is 0. The molecule has 0 fully saturated rings. The van der Waals surface area contributed by atoms with E-state index in [0.717, 1.165) is 18.3 Å². The first-order valence-electron chi connectivity index (χ1n) is 10.4. The number of fused-ring (bicyclic) bond motifs is 2. The molecular weight excluding hydrogens is 476 g/mol. The first-order valence-corrected chi connectivity index (χ1v) is 10.4. The molecule has 3 heterocycles. The Bertz CT molecular complexity index is 1740. The predicted octanol–water partition coefficient (Wildman–Crippen LogP) is 4.40. The molecule has 0 unspecified atom stereocenters. The normalized spacial score (nSPS) is 12.0. The van der Waals surface area contributed by atoms with E-state index in [9.17, 15) is 17.6 Å². The maximum Gasteiger partial charge on any atom is 0.175 e. The number of aliphatic imine (C=N–C) groups is 1. The molecule has 0 atom stereocenters. The van der Waals surface area contributed by atoms with Crippen LogP contribution in [0.2, 0.25) is 0 Å². The molecule has 5 aromatic rings. The van der Waals surface area contributed by atoms with Crippen molar-refractivity contribution >= 4 is 39.9 Å². The number of pyridine rings is 2. The van der Waals surface area contributed by atoms with Crippen LogP contribution in [0, 0.1) is 35.6 Å². The summed E-state index contributed by atoms with van der Waals surface area (Å²) in [4.78, 5) is 15.7. The molecule has 0 saturated carbocycles. The zero-order valence-corrected chi connectivity index (χ0v) is 18.5. The summed E-state index contributed by atoms with van der Waals surface area (Å²) in [5.41, 5.74) is 11.8. The van der Waals surface area contributed by atoms with Crippen molar-refractivity contribution < 1.29 is 17.6 Å². The Morgan fingerprint density at radius 3 is 2.53 bits per heavy atom. The second kappa shape index (κ2) is 8.41. The summed E-state index contributed by atoms with van der Waals surface area (Å²) in [6, 6.07) is 6.19. The first-order chi connectivity index (χ1) is 17.2. The molecule has 180 valence electrons. The van der Waals surface area contributed by atoms with Gasteiger partial charge >= 0.3 is 0 Å². The van der Waals surface area contributed by atoms with E-state index in [1.807, 2.05) is 0 Å². The Kier molecular flexibility index (Phi) is 5.35. The van der Waals surface area contributed by atoms with E-state index in [-0.39, 0.29) is 44.6 Å². The summed E-state index contributed by atoms with van der Waals surface area (Å²) < 4.78 is 60.6. The van der Waals surface area contributed by atoms with Gasteiger partial charge in [-0.15, -0.1) is 0 Å². The number of aryl methyl sites for hydroxylation is 1. The smallest absolute Gasteiger partial charge is 0.175 e. The molecule has 2 aromatic carbocycles. The van der Waals surface area contributed by atoms with E-state index in [0.29, 0.717) is 12.2 Å². The van der Waals surface area contributed by atoms with Crippen LogP contribution in [0.1, 0.15) is 11.4 Å². The summed E-state index contributed by atoms with van der Waals surface area (Å²) in [6.07, 6.45) is 2.80. The van der Waals surface area contributed by atoms with Crippen LogP contribution in [-0.4, -0.2) is 31.7 Å². The highest BCUT2D eigenvalue weighted by Crippen LogP contribution is 2.35. The number of hydrogen-bond donors (Lipinski definition) is 3. The summed E-state index contributed by atoms with van der Waals surface area (Å²) in [5, 5.41) is 7.16. The number of nitrogens with zero attached hydrogens (tertiary/aromatic N) is 5. The second-order valence-electron chi connectivity index (χ2n) is 7.79. The number of halogens is 4. The first kappa shape index (κ1) is 22.9. The van der Waals surface area contributed by atoms with Gasteiger partial charge in [-0.25, -0.2) is 32.5 Å². The highest BCUT2D eigenvalue weighted by atomic mass is 19.1. The number of nitrogens with two attached hydrogens (primary N) is 2. The Balaban J connectivity index is 1.95. The minimum Gasteiger partial charge on any atom is -0.383 e. The molecule has 3 aromatic heterocycles. The Hall–Kier alpha value is -4.87. The van der Waals surface area contributed by atoms with E-state index in [1.165, 1.54) is 29.0 Å². The quantitative estimate of drug-likeness (QED) is 0.194. The zero-order valence-electron chi connectivity index (χ0n) is 18.5. The number of amidine groups is 1. The molecule has 5 rings (SSSR count). The van der Waals surface area contributed by atoms with Gasteiger partial charge in [0, 0.05) is 11.8 Å². The van der Waals surface area contributed by atoms with E-state index in [4.69, 9.17) is 16.9 Å². The van der Waals surface area contributed by atoms with Crippen molar-refractivity contribution in [1.82, 2.24) is 19.5 Å². The molecule has 0 aliphatic carbocycles. The number of imidazole rings is 1. The maximum atomic E-state index is 14.9. The lowest BCUT2D eigenvalue weighted by atomic mass is 10.0. The van der Waals surface area contributed by atoms with Gasteiger partial charge in [-0.1, -0.05) is 0 Å². The second-order valence-corrected chi connectivity index (χ2v) is 7.79. The van der Waals surface area contributed by atoms with Gasteiger partial charge in [-0.2, -0.15) is 0 Å². The van der Waals surface area contributed by atoms with Crippen molar-refractivity contribution in [2.45, 2.75) is 6.92 Å². The molecule has 0 aliphatic heterocycles. The van der Waals surface area contributed by atoms with Crippen molar-refractivity contribution in [3.8, 4) is 16.8 Å². The summed E-state index contributed by atoms with van der Waals surface area (Å²) >= 11 is 0. The van der Waals surface area contributed by atoms with Crippen LogP contribution in [0.5, 0.6) is 0 Å². The average molecular weight is 492 g/mol. The van der Waals surface area contributed by atoms with Gasteiger partial charge in [0.1, 0.15) is 40.7 Å². The van der Waals surface area contributed by atoms with Crippen LogP contribution in [0.15, 0.2) is 47.7 Å². The molecule has 0 amide bonds. The van der Waals surface area contributed by atoms with Crippen molar-refractivity contribution in [3.05, 3.63) is 77.4 Å². The fraction of sp³-hybridized carbons (Fsp3) is 0.0417. The van der Waals surface area contributed by atoms with Gasteiger partial charge in [0.2, 0.25) is 0 Å². The lowest BCUT2D eigenvalue weighted by Gasteiger charge is -2.14. The van der Waals surface area contributed by atoms with Gasteiger partial charge in [-0.3, -0.25) is 15.0 Å². The Labute approximate surface area is 200 Å². The van der Waals surface area contributed by atoms with E-state index < -0.39 is 34.7 Å². The number of hydrogen-bond acceptors (Lipinski definition) is 5. The van der Waals surface area contributed by atoms with Crippen LogP contribution in [0.25, 0.3) is 38.8 Å². The number of rotatable bonds is 4. The van der Waals surface area contributed by atoms with Crippen LogP contribution in [0.3, 0.4) is 0 Å². The Morgan fingerprint density at radius 1 is 1.03 bits per heavy atom. The fourth-order valence-electron chi connectivity index (χ4n) is 4.18. The topological polar surface area (TPSA) is 132 Å². The van der Waals surface area contributed by atoms with E-state index in [1.54, 1.807) is 6.92 Å².